The lowest BCUT2D eigenvalue weighted by Crippen LogP contribution is -2.15. The highest BCUT2D eigenvalue weighted by molar-refractivity contribution is 5.84. The molecule has 1 atom stereocenters. The van der Waals surface area contributed by atoms with Gasteiger partial charge in [0.25, 0.3) is 0 Å². The summed E-state index contributed by atoms with van der Waals surface area (Å²) in [6.45, 7) is 5.93. The summed E-state index contributed by atoms with van der Waals surface area (Å²) in [6.07, 6.45) is 2.74. The first-order valence-corrected chi connectivity index (χ1v) is 9.11. The van der Waals surface area contributed by atoms with Crippen LogP contribution >= 0.6 is 0 Å². The van der Waals surface area contributed by atoms with Gasteiger partial charge in [-0.15, -0.1) is 0 Å². The third kappa shape index (κ3) is 3.54. The second-order valence-electron chi connectivity index (χ2n) is 6.71. The summed E-state index contributed by atoms with van der Waals surface area (Å²) in [5.41, 5.74) is 6.69. The third-order valence-electron chi connectivity index (χ3n) is 4.86. The number of nitrogens with zero attached hydrogens (tertiary/aromatic N) is 3. The van der Waals surface area contributed by atoms with Crippen LogP contribution in [0.1, 0.15) is 29.8 Å². The van der Waals surface area contributed by atoms with E-state index < -0.39 is 6.67 Å². The first-order chi connectivity index (χ1) is 13.0. The van der Waals surface area contributed by atoms with Crippen molar-refractivity contribution in [2.24, 2.45) is 0 Å². The fourth-order valence-electron chi connectivity index (χ4n) is 3.47. The van der Waals surface area contributed by atoms with E-state index in [1.807, 2.05) is 36.7 Å². The topological polar surface area (TPSA) is 49.2 Å². The van der Waals surface area contributed by atoms with Gasteiger partial charge in [-0.1, -0.05) is 6.92 Å². The molecule has 3 heterocycles. The minimum absolute atomic E-state index is 0.322. The van der Waals surface area contributed by atoms with Crippen LogP contribution in [0.3, 0.4) is 0 Å². The van der Waals surface area contributed by atoms with Crippen LogP contribution in [0.5, 0.6) is 5.88 Å². The van der Waals surface area contributed by atoms with Crippen LogP contribution in [0.2, 0.25) is 0 Å². The Morgan fingerprint density at radius 3 is 2.56 bits per heavy atom. The van der Waals surface area contributed by atoms with Crippen molar-refractivity contribution in [3.05, 3.63) is 41.2 Å². The van der Waals surface area contributed by atoms with E-state index in [0.717, 1.165) is 45.5 Å². The maximum atomic E-state index is 13.5. The van der Waals surface area contributed by atoms with Crippen molar-refractivity contribution in [3.8, 4) is 17.1 Å². The summed E-state index contributed by atoms with van der Waals surface area (Å²) in [5.74, 6) is 0.599. The van der Waals surface area contributed by atoms with Crippen LogP contribution in [0.15, 0.2) is 24.4 Å². The number of aryl methyl sites for hydroxylation is 3. The van der Waals surface area contributed by atoms with Gasteiger partial charge in [0.2, 0.25) is 5.88 Å². The first kappa shape index (κ1) is 19.3. The molecule has 0 bridgehead atoms. The second kappa shape index (κ2) is 8.05. The predicted molar refractivity (Wildman–Crippen MR) is 105 cm³/mol. The van der Waals surface area contributed by atoms with Crippen LogP contribution < -0.4 is 4.74 Å². The van der Waals surface area contributed by atoms with E-state index in [0.29, 0.717) is 12.5 Å². The molecule has 0 N–H and O–H groups in total. The summed E-state index contributed by atoms with van der Waals surface area (Å²) in [4.78, 5) is 9.51. The molecule has 3 aromatic heterocycles. The predicted octanol–water partition coefficient (Wildman–Crippen LogP) is 4.44. The molecule has 0 aliphatic carbocycles. The molecule has 0 aromatic carbocycles. The second-order valence-corrected chi connectivity index (χ2v) is 6.71. The van der Waals surface area contributed by atoms with E-state index >= 15 is 0 Å². The van der Waals surface area contributed by atoms with Gasteiger partial charge in [0.1, 0.15) is 6.67 Å². The first-order valence-electron chi connectivity index (χ1n) is 9.11. The molecule has 0 fully saturated rings. The Hall–Kier alpha value is -2.47. The van der Waals surface area contributed by atoms with E-state index in [1.54, 1.807) is 14.2 Å². The fourth-order valence-corrected chi connectivity index (χ4v) is 3.47. The van der Waals surface area contributed by atoms with Crippen molar-refractivity contribution in [2.75, 3.05) is 27.5 Å². The van der Waals surface area contributed by atoms with Gasteiger partial charge in [-0.2, -0.15) is 0 Å². The van der Waals surface area contributed by atoms with Gasteiger partial charge in [-0.3, -0.25) is 0 Å². The van der Waals surface area contributed by atoms with Crippen molar-refractivity contribution in [3.63, 3.8) is 0 Å². The van der Waals surface area contributed by atoms with Crippen LogP contribution in [-0.4, -0.2) is 42.0 Å². The van der Waals surface area contributed by atoms with Crippen molar-refractivity contribution in [1.29, 1.82) is 0 Å². The Labute approximate surface area is 159 Å². The number of ether oxygens (including phenoxy) is 2. The van der Waals surface area contributed by atoms with Gasteiger partial charge in [-0.05, 0) is 43.5 Å². The highest BCUT2D eigenvalue weighted by Crippen LogP contribution is 2.32. The number of hydrogen-bond donors (Lipinski definition) is 0. The molecular weight excluding hydrogens is 345 g/mol. The Balaban J connectivity index is 2.18. The molecule has 0 unspecified atom stereocenters. The Bertz CT molecular complexity index is 952. The number of methoxy groups -OCH3 is 2. The van der Waals surface area contributed by atoms with Gasteiger partial charge < -0.3 is 14.0 Å². The fraction of sp³-hybridized carbons (Fsp3) is 0.429. The SMILES string of the molecule is CCc1nc(OC)ccc1-c1nc2c(C)cn([C@@H](CF)COC)c2cc1C. The maximum Gasteiger partial charge on any atom is 0.213 e. The summed E-state index contributed by atoms with van der Waals surface area (Å²) in [6, 6.07) is 5.59. The number of hydrogen-bond acceptors (Lipinski definition) is 4. The quantitative estimate of drug-likeness (QED) is 0.616. The molecule has 0 spiro atoms. The molecule has 0 amide bonds. The zero-order valence-corrected chi connectivity index (χ0v) is 16.5. The Morgan fingerprint density at radius 2 is 1.93 bits per heavy atom. The summed E-state index contributed by atoms with van der Waals surface area (Å²) in [7, 11) is 3.20. The minimum Gasteiger partial charge on any atom is -0.481 e. The molecule has 0 radical (unpaired) electrons. The standard InChI is InChI=1S/C21H26FN3O2/c1-6-17-16(7-8-19(23-17)27-5)20-13(2)9-18-21(24-20)14(3)11-25(18)15(10-22)12-26-4/h7-9,11,15H,6,10,12H2,1-5H3/t15-/m0/s1. The van der Waals surface area contributed by atoms with Crippen molar-refractivity contribution < 1.29 is 13.9 Å². The number of fused-ring (bicyclic) bond motifs is 1. The van der Waals surface area contributed by atoms with Gasteiger partial charge in [0.05, 0.1) is 42.2 Å². The molecule has 0 aliphatic heterocycles. The molecule has 3 aromatic rings. The smallest absolute Gasteiger partial charge is 0.213 e. The van der Waals surface area contributed by atoms with Gasteiger partial charge in [0, 0.05) is 24.9 Å². The lowest BCUT2D eigenvalue weighted by molar-refractivity contribution is 0.142. The summed E-state index contributed by atoms with van der Waals surface area (Å²) >= 11 is 0. The average Bonchev–Trinajstić information content (AvgIpc) is 3.00. The zero-order valence-electron chi connectivity index (χ0n) is 16.5. The number of aromatic nitrogens is 3. The van der Waals surface area contributed by atoms with E-state index in [-0.39, 0.29) is 6.04 Å². The molecule has 6 heteroatoms. The molecular formula is C21H26FN3O2. The Kier molecular flexibility index (Phi) is 5.75. The molecule has 0 aliphatic rings. The number of rotatable bonds is 7. The number of halogens is 1. The highest BCUT2D eigenvalue weighted by Gasteiger charge is 2.19. The van der Waals surface area contributed by atoms with E-state index in [4.69, 9.17) is 14.5 Å². The molecule has 27 heavy (non-hydrogen) atoms. The van der Waals surface area contributed by atoms with Gasteiger partial charge in [0.15, 0.2) is 0 Å². The average molecular weight is 371 g/mol. The summed E-state index contributed by atoms with van der Waals surface area (Å²) < 4.78 is 25.9. The largest absolute Gasteiger partial charge is 0.481 e. The molecule has 3 rings (SSSR count). The van der Waals surface area contributed by atoms with Crippen molar-refractivity contribution in [1.82, 2.24) is 14.5 Å². The maximum absolute atomic E-state index is 13.5. The number of pyridine rings is 2. The van der Waals surface area contributed by atoms with E-state index in [1.165, 1.54) is 0 Å². The monoisotopic (exact) mass is 371 g/mol. The van der Waals surface area contributed by atoms with Crippen molar-refractivity contribution in [2.45, 2.75) is 33.2 Å². The van der Waals surface area contributed by atoms with Gasteiger partial charge >= 0.3 is 0 Å². The molecule has 0 saturated carbocycles. The normalized spacial score (nSPS) is 12.5. The highest BCUT2D eigenvalue weighted by atomic mass is 19.1. The lowest BCUT2D eigenvalue weighted by atomic mass is 10.0. The molecule has 144 valence electrons. The number of alkyl halides is 1. The van der Waals surface area contributed by atoms with Crippen LogP contribution in [0.4, 0.5) is 4.39 Å². The van der Waals surface area contributed by atoms with E-state index in [2.05, 4.69) is 18.0 Å². The third-order valence-corrected chi connectivity index (χ3v) is 4.86. The summed E-state index contributed by atoms with van der Waals surface area (Å²) in [5, 5.41) is 0. The lowest BCUT2D eigenvalue weighted by Gasteiger charge is -2.16. The zero-order chi connectivity index (χ0) is 19.6. The van der Waals surface area contributed by atoms with Crippen LogP contribution in [0, 0.1) is 13.8 Å². The van der Waals surface area contributed by atoms with Gasteiger partial charge in [-0.25, -0.2) is 14.4 Å². The van der Waals surface area contributed by atoms with Crippen LogP contribution in [-0.2, 0) is 11.2 Å². The molecule has 0 saturated heterocycles. The van der Waals surface area contributed by atoms with Crippen LogP contribution in [0.25, 0.3) is 22.3 Å². The van der Waals surface area contributed by atoms with Crippen molar-refractivity contribution >= 4 is 11.0 Å². The molecule has 5 nitrogen and oxygen atoms in total. The Morgan fingerprint density at radius 1 is 1.15 bits per heavy atom. The minimum atomic E-state index is -0.486. The van der Waals surface area contributed by atoms with E-state index in [9.17, 15) is 4.39 Å².